The first kappa shape index (κ1) is 21.4. The number of nitrogens with zero attached hydrogens (tertiary/aromatic N) is 2. The summed E-state index contributed by atoms with van der Waals surface area (Å²) in [7, 11) is 0. The van der Waals surface area contributed by atoms with E-state index in [0.29, 0.717) is 18.7 Å². The second kappa shape index (κ2) is 8.22. The van der Waals surface area contributed by atoms with Gasteiger partial charge in [-0.25, -0.2) is 4.79 Å². The molecule has 2 aliphatic heterocycles. The molecule has 1 amide bonds. The van der Waals surface area contributed by atoms with E-state index in [1.165, 1.54) is 4.90 Å². The van der Waals surface area contributed by atoms with Gasteiger partial charge in [-0.15, -0.1) is 0 Å². The first-order valence-electron chi connectivity index (χ1n) is 10.5. The van der Waals surface area contributed by atoms with E-state index >= 15 is 0 Å². The lowest BCUT2D eigenvalue weighted by molar-refractivity contribution is -0.146. The number of anilines is 1. The summed E-state index contributed by atoms with van der Waals surface area (Å²) >= 11 is 0. The Morgan fingerprint density at radius 2 is 2.03 bits per heavy atom. The number of likely N-dealkylation sites (tertiary alicyclic amines) is 1. The van der Waals surface area contributed by atoms with E-state index in [9.17, 15) is 14.7 Å². The lowest BCUT2D eigenvalue weighted by Crippen LogP contribution is -2.55. The summed E-state index contributed by atoms with van der Waals surface area (Å²) < 4.78 is 10.9. The van der Waals surface area contributed by atoms with Gasteiger partial charge >= 0.3 is 12.1 Å². The fourth-order valence-electron chi connectivity index (χ4n) is 4.71. The Hall–Kier alpha value is -2.28. The number of carbonyl (C=O) groups is 2. The third-order valence-corrected chi connectivity index (χ3v) is 6.31. The Labute approximate surface area is 172 Å². The number of carbonyl (C=O) groups excluding carboxylic acids is 2. The Kier molecular flexibility index (Phi) is 6.08. The van der Waals surface area contributed by atoms with Gasteiger partial charge in [0.05, 0.1) is 24.2 Å². The van der Waals surface area contributed by atoms with Gasteiger partial charge in [0.2, 0.25) is 0 Å². The molecule has 2 heterocycles. The van der Waals surface area contributed by atoms with Crippen LogP contribution in [0.4, 0.5) is 10.5 Å². The van der Waals surface area contributed by atoms with Gasteiger partial charge in [0.15, 0.2) is 0 Å². The minimum Gasteiger partial charge on any atom is -0.450 e. The molecule has 160 valence electrons. The summed E-state index contributed by atoms with van der Waals surface area (Å²) in [6.07, 6.45) is -0.112. The summed E-state index contributed by atoms with van der Waals surface area (Å²) in [5.41, 5.74) is 0.730. The topological polar surface area (TPSA) is 79.3 Å². The predicted molar refractivity (Wildman–Crippen MR) is 110 cm³/mol. The van der Waals surface area contributed by atoms with Crippen LogP contribution >= 0.6 is 0 Å². The standard InChI is InChI=1S/C22H32N2O5/c1-6-23(7-2)15-9-10-16-14(4)18(20(25)29-17(16)13-15)19-22(5,27)11-12-24(19)21(26)28-8-3/h9-10,13-14,18-19,27H,6-8,11-12H2,1-5H3. The quantitative estimate of drug-likeness (QED) is 0.600. The van der Waals surface area contributed by atoms with Gasteiger partial charge in [-0.2, -0.15) is 0 Å². The van der Waals surface area contributed by atoms with Gasteiger partial charge in [-0.1, -0.05) is 13.0 Å². The maximum absolute atomic E-state index is 13.1. The zero-order valence-electron chi connectivity index (χ0n) is 18.0. The Morgan fingerprint density at radius 3 is 2.66 bits per heavy atom. The summed E-state index contributed by atoms with van der Waals surface area (Å²) in [5, 5.41) is 11.0. The Balaban J connectivity index is 1.96. The molecule has 0 bridgehead atoms. The van der Waals surface area contributed by atoms with E-state index in [4.69, 9.17) is 9.47 Å². The minimum absolute atomic E-state index is 0.205. The van der Waals surface area contributed by atoms with Crippen LogP contribution in [0.25, 0.3) is 0 Å². The van der Waals surface area contributed by atoms with Gasteiger partial charge < -0.3 is 24.4 Å². The van der Waals surface area contributed by atoms with Gasteiger partial charge in [0.1, 0.15) is 5.75 Å². The highest BCUT2D eigenvalue weighted by atomic mass is 16.6. The van der Waals surface area contributed by atoms with E-state index in [1.807, 2.05) is 25.1 Å². The van der Waals surface area contributed by atoms with Crippen LogP contribution in [0, 0.1) is 5.92 Å². The highest BCUT2D eigenvalue weighted by molar-refractivity contribution is 5.82. The van der Waals surface area contributed by atoms with Gasteiger partial charge in [0.25, 0.3) is 0 Å². The molecule has 1 aromatic carbocycles. The van der Waals surface area contributed by atoms with E-state index in [2.05, 4.69) is 18.7 Å². The van der Waals surface area contributed by atoms with Crippen molar-refractivity contribution in [3.63, 3.8) is 0 Å². The number of esters is 1. The molecular weight excluding hydrogens is 372 g/mol. The predicted octanol–water partition coefficient (Wildman–Crippen LogP) is 3.15. The van der Waals surface area contributed by atoms with Crippen LogP contribution < -0.4 is 9.64 Å². The third kappa shape index (κ3) is 3.80. The van der Waals surface area contributed by atoms with E-state index in [-0.39, 0.29) is 12.5 Å². The van der Waals surface area contributed by atoms with E-state index < -0.39 is 29.6 Å². The summed E-state index contributed by atoms with van der Waals surface area (Å²) in [5.74, 6) is -0.723. The highest BCUT2D eigenvalue weighted by Gasteiger charge is 2.55. The van der Waals surface area contributed by atoms with Crippen LogP contribution in [0.3, 0.4) is 0 Å². The Morgan fingerprint density at radius 1 is 1.34 bits per heavy atom. The molecule has 7 nitrogen and oxygen atoms in total. The lowest BCUT2D eigenvalue weighted by atomic mass is 9.75. The number of ether oxygens (including phenoxy) is 2. The average Bonchev–Trinajstić information content (AvgIpc) is 2.98. The van der Waals surface area contributed by atoms with Crippen LogP contribution in [0.2, 0.25) is 0 Å². The molecule has 29 heavy (non-hydrogen) atoms. The van der Waals surface area contributed by atoms with Crippen LogP contribution in [-0.2, 0) is 9.53 Å². The van der Waals surface area contributed by atoms with Crippen LogP contribution in [0.15, 0.2) is 18.2 Å². The van der Waals surface area contributed by atoms with Crippen molar-refractivity contribution in [3.05, 3.63) is 23.8 Å². The number of rotatable bonds is 5. The normalized spacial score (nSPS) is 28.7. The van der Waals surface area contributed by atoms with Crippen molar-refractivity contribution in [2.45, 2.75) is 58.6 Å². The van der Waals surface area contributed by atoms with Crippen molar-refractivity contribution < 1.29 is 24.2 Å². The van der Waals surface area contributed by atoms with Crippen LogP contribution in [0.1, 0.15) is 52.5 Å². The summed E-state index contributed by atoms with van der Waals surface area (Å²) in [6.45, 7) is 11.9. The summed E-state index contributed by atoms with van der Waals surface area (Å²) in [4.78, 5) is 29.2. The fraction of sp³-hybridized carbons (Fsp3) is 0.636. The van der Waals surface area contributed by atoms with Crippen molar-refractivity contribution >= 4 is 17.7 Å². The zero-order valence-corrected chi connectivity index (χ0v) is 18.0. The van der Waals surface area contributed by atoms with Crippen molar-refractivity contribution in [1.82, 2.24) is 4.90 Å². The van der Waals surface area contributed by atoms with Crippen LogP contribution in [-0.4, -0.2) is 60.0 Å². The number of benzene rings is 1. The molecular formula is C22H32N2O5. The number of fused-ring (bicyclic) bond motifs is 1. The molecule has 0 saturated carbocycles. The van der Waals surface area contributed by atoms with Crippen LogP contribution in [0.5, 0.6) is 5.75 Å². The maximum Gasteiger partial charge on any atom is 0.410 e. The molecule has 1 saturated heterocycles. The first-order chi connectivity index (χ1) is 13.7. The second-order valence-corrected chi connectivity index (χ2v) is 8.07. The number of amides is 1. The molecule has 0 aliphatic carbocycles. The van der Waals surface area contributed by atoms with Gasteiger partial charge in [-0.3, -0.25) is 4.79 Å². The number of aliphatic hydroxyl groups is 1. The van der Waals surface area contributed by atoms with Crippen molar-refractivity contribution in [3.8, 4) is 5.75 Å². The molecule has 2 aliphatic rings. The smallest absolute Gasteiger partial charge is 0.410 e. The fourth-order valence-corrected chi connectivity index (χ4v) is 4.71. The maximum atomic E-state index is 13.1. The molecule has 1 fully saturated rings. The largest absolute Gasteiger partial charge is 0.450 e. The molecule has 0 spiro atoms. The van der Waals surface area contributed by atoms with Gasteiger partial charge in [-0.05, 0) is 45.7 Å². The molecule has 0 aromatic heterocycles. The monoisotopic (exact) mass is 404 g/mol. The minimum atomic E-state index is -1.19. The summed E-state index contributed by atoms with van der Waals surface area (Å²) in [6, 6.07) is 5.24. The molecule has 4 atom stereocenters. The zero-order chi connectivity index (χ0) is 21.3. The van der Waals surface area contributed by atoms with Crippen molar-refractivity contribution in [1.29, 1.82) is 0 Å². The third-order valence-electron chi connectivity index (χ3n) is 6.31. The Bertz CT molecular complexity index is 774. The van der Waals surface area contributed by atoms with E-state index in [0.717, 1.165) is 24.3 Å². The van der Waals surface area contributed by atoms with E-state index in [1.54, 1.807) is 13.8 Å². The average molecular weight is 405 g/mol. The molecule has 1 aromatic rings. The molecule has 7 heteroatoms. The number of hydrogen-bond donors (Lipinski definition) is 1. The SMILES string of the molecule is CCOC(=O)N1CCC(C)(O)C1C1C(=O)Oc2cc(N(CC)CC)ccc2C1C. The van der Waals surface area contributed by atoms with Crippen molar-refractivity contribution in [2.75, 3.05) is 31.1 Å². The van der Waals surface area contributed by atoms with Crippen molar-refractivity contribution in [2.24, 2.45) is 5.92 Å². The molecule has 1 N–H and O–H groups in total. The molecule has 0 radical (unpaired) electrons. The van der Waals surface area contributed by atoms with Gasteiger partial charge in [0, 0.05) is 37.3 Å². The molecule has 4 unspecified atom stereocenters. The highest BCUT2D eigenvalue weighted by Crippen LogP contribution is 2.46. The first-order valence-corrected chi connectivity index (χ1v) is 10.5. The molecule has 3 rings (SSSR count). The number of hydrogen-bond acceptors (Lipinski definition) is 6. The second-order valence-electron chi connectivity index (χ2n) is 8.07. The lowest BCUT2D eigenvalue weighted by Gasteiger charge is -2.41.